The van der Waals surface area contributed by atoms with E-state index in [1.807, 2.05) is 6.92 Å². The van der Waals surface area contributed by atoms with Crippen molar-refractivity contribution in [2.75, 3.05) is 0 Å². The Bertz CT molecular complexity index is 763. The maximum atomic E-state index is 12.2. The molecule has 0 aliphatic heterocycles. The predicted octanol–water partition coefficient (Wildman–Crippen LogP) is 5.23. The van der Waals surface area contributed by atoms with Crippen LogP contribution in [-0.4, -0.2) is 43.8 Å². The second kappa shape index (κ2) is 8.61. The van der Waals surface area contributed by atoms with Gasteiger partial charge in [0.05, 0.1) is 11.7 Å². The molecule has 0 spiro atoms. The first kappa shape index (κ1) is 25.7. The fraction of sp³-hybridized carbons (Fsp3) is 0.931. The van der Waals surface area contributed by atoms with Crippen molar-refractivity contribution in [2.24, 2.45) is 40.4 Å². The van der Waals surface area contributed by atoms with Gasteiger partial charge < -0.3 is 20.4 Å². The number of rotatable bonds is 6. The van der Waals surface area contributed by atoms with Gasteiger partial charge in [-0.3, -0.25) is 0 Å². The van der Waals surface area contributed by atoms with Crippen molar-refractivity contribution >= 4 is 0 Å². The maximum Gasteiger partial charge on any atom is 0.105 e. The molecular formula is C29H50O4. The van der Waals surface area contributed by atoms with Crippen LogP contribution < -0.4 is 0 Å². The molecule has 4 aliphatic rings. The van der Waals surface area contributed by atoms with Crippen LogP contribution >= 0.6 is 0 Å². The molecule has 4 aliphatic carbocycles. The molecule has 0 radical (unpaired) electrons. The van der Waals surface area contributed by atoms with E-state index < -0.39 is 28.8 Å². The molecule has 0 aromatic heterocycles. The zero-order valence-corrected chi connectivity index (χ0v) is 22.0. The van der Waals surface area contributed by atoms with Crippen LogP contribution in [0, 0.1) is 40.4 Å². The number of aliphatic hydroxyl groups excluding tert-OH is 2. The first-order valence-corrected chi connectivity index (χ1v) is 13.9. The summed E-state index contributed by atoms with van der Waals surface area (Å²) in [5.74, 6) is 3.09. The Morgan fingerprint density at radius 1 is 0.970 bits per heavy atom. The Labute approximate surface area is 201 Å². The van der Waals surface area contributed by atoms with Gasteiger partial charge in [0.1, 0.15) is 11.7 Å². The minimum atomic E-state index is -1.48. The molecule has 0 bridgehead atoms. The van der Waals surface area contributed by atoms with Crippen LogP contribution in [0.2, 0.25) is 0 Å². The highest BCUT2D eigenvalue weighted by molar-refractivity contribution is 5.40. The van der Waals surface area contributed by atoms with Gasteiger partial charge in [-0.25, -0.2) is 0 Å². The Morgan fingerprint density at radius 2 is 1.67 bits per heavy atom. The van der Waals surface area contributed by atoms with Gasteiger partial charge in [0.15, 0.2) is 0 Å². The highest BCUT2D eigenvalue weighted by Gasteiger charge is 2.71. The SMILES string of the molecule is CC[C@H](CC[C@@H](C)[C@H]1CC[C@H]2C3=CC(O)C4(O)CC(O)CC[C@]4(C)[C@@]3(O)CC[C@]12C)C(C)C. The average molecular weight is 463 g/mol. The largest absolute Gasteiger partial charge is 0.393 e. The van der Waals surface area contributed by atoms with Gasteiger partial charge in [-0.15, -0.1) is 0 Å². The molecule has 3 fully saturated rings. The van der Waals surface area contributed by atoms with Gasteiger partial charge in [-0.1, -0.05) is 60.5 Å². The van der Waals surface area contributed by atoms with E-state index in [2.05, 4.69) is 34.6 Å². The highest BCUT2D eigenvalue weighted by atomic mass is 16.4. The third kappa shape index (κ3) is 3.60. The van der Waals surface area contributed by atoms with Crippen LogP contribution in [0.3, 0.4) is 0 Å². The molecule has 3 saturated carbocycles. The summed E-state index contributed by atoms with van der Waals surface area (Å²) in [5.41, 5.74) is -2.28. The van der Waals surface area contributed by atoms with Crippen molar-refractivity contribution in [3.63, 3.8) is 0 Å². The van der Waals surface area contributed by atoms with E-state index >= 15 is 0 Å². The summed E-state index contributed by atoms with van der Waals surface area (Å²) < 4.78 is 0. The van der Waals surface area contributed by atoms with E-state index in [-0.39, 0.29) is 17.8 Å². The van der Waals surface area contributed by atoms with Crippen molar-refractivity contribution in [1.29, 1.82) is 0 Å². The number of aliphatic hydroxyl groups is 4. The Morgan fingerprint density at radius 3 is 2.30 bits per heavy atom. The summed E-state index contributed by atoms with van der Waals surface area (Å²) in [6, 6.07) is 0. The van der Waals surface area contributed by atoms with Crippen molar-refractivity contribution in [3.8, 4) is 0 Å². The minimum absolute atomic E-state index is 0.132. The van der Waals surface area contributed by atoms with Crippen molar-refractivity contribution in [1.82, 2.24) is 0 Å². The molecule has 0 heterocycles. The third-order valence-electron chi connectivity index (χ3n) is 11.7. The van der Waals surface area contributed by atoms with Crippen LogP contribution in [0.25, 0.3) is 0 Å². The molecule has 3 unspecified atom stereocenters. The molecule has 4 heteroatoms. The highest BCUT2D eigenvalue weighted by Crippen LogP contribution is 2.69. The number of hydrogen-bond acceptors (Lipinski definition) is 4. The Kier molecular flexibility index (Phi) is 6.69. The fourth-order valence-electron chi connectivity index (χ4n) is 9.17. The Balaban J connectivity index is 1.60. The molecule has 0 aromatic rings. The molecule has 0 saturated heterocycles. The summed E-state index contributed by atoms with van der Waals surface area (Å²) in [6.45, 7) is 13.9. The zero-order valence-electron chi connectivity index (χ0n) is 22.0. The number of fused-ring (bicyclic) bond motifs is 5. The molecule has 0 aromatic carbocycles. The smallest absolute Gasteiger partial charge is 0.105 e. The first-order chi connectivity index (χ1) is 15.3. The van der Waals surface area contributed by atoms with Gasteiger partial charge in [0, 0.05) is 11.8 Å². The fourth-order valence-corrected chi connectivity index (χ4v) is 9.17. The van der Waals surface area contributed by atoms with Crippen molar-refractivity contribution in [2.45, 2.75) is 129 Å². The normalized spacial score (nSPS) is 49.1. The van der Waals surface area contributed by atoms with E-state index in [4.69, 9.17) is 0 Å². The molecule has 4 nitrogen and oxygen atoms in total. The van der Waals surface area contributed by atoms with Gasteiger partial charge >= 0.3 is 0 Å². The van der Waals surface area contributed by atoms with Crippen LogP contribution in [0.1, 0.15) is 106 Å². The van der Waals surface area contributed by atoms with Gasteiger partial charge in [-0.2, -0.15) is 0 Å². The second-order valence-electron chi connectivity index (χ2n) is 13.3. The van der Waals surface area contributed by atoms with E-state index in [9.17, 15) is 20.4 Å². The van der Waals surface area contributed by atoms with Crippen LogP contribution in [0.4, 0.5) is 0 Å². The van der Waals surface area contributed by atoms with E-state index in [1.165, 1.54) is 25.7 Å². The lowest BCUT2D eigenvalue weighted by molar-refractivity contribution is -0.258. The summed E-state index contributed by atoms with van der Waals surface area (Å²) in [5, 5.41) is 45.3. The van der Waals surface area contributed by atoms with Gasteiger partial charge in [0.2, 0.25) is 0 Å². The topological polar surface area (TPSA) is 80.9 Å². The standard InChI is InChI=1S/C29H50O4/c1-7-20(18(2)3)9-8-19(4)22-10-11-23-24-16-25(31)29(33)17-21(30)12-13-27(29,6)28(24,32)15-14-26(22,23)5/h16,18-23,25,30-33H,7-15,17H2,1-6H3/t19-,20-,21?,22-,23+,25?,26-,27-,28-,29?/m1/s1. The first-order valence-electron chi connectivity index (χ1n) is 13.9. The molecule has 4 rings (SSSR count). The van der Waals surface area contributed by atoms with Crippen LogP contribution in [0.5, 0.6) is 0 Å². The zero-order chi connectivity index (χ0) is 24.4. The van der Waals surface area contributed by atoms with E-state index in [0.717, 1.165) is 30.3 Å². The van der Waals surface area contributed by atoms with Crippen molar-refractivity contribution in [3.05, 3.63) is 11.6 Å². The van der Waals surface area contributed by atoms with Gasteiger partial charge in [-0.05, 0) is 85.5 Å². The lowest BCUT2D eigenvalue weighted by Gasteiger charge is -2.65. The lowest BCUT2D eigenvalue weighted by Crippen LogP contribution is -2.72. The Hall–Kier alpha value is -0.420. The summed E-state index contributed by atoms with van der Waals surface area (Å²) >= 11 is 0. The number of hydrogen-bond donors (Lipinski definition) is 4. The van der Waals surface area contributed by atoms with E-state index in [1.54, 1.807) is 6.08 Å². The van der Waals surface area contributed by atoms with Crippen LogP contribution in [0.15, 0.2) is 11.6 Å². The second-order valence-corrected chi connectivity index (χ2v) is 13.3. The predicted molar refractivity (Wildman–Crippen MR) is 133 cm³/mol. The maximum absolute atomic E-state index is 12.2. The average Bonchev–Trinajstić information content (AvgIpc) is 3.10. The summed E-state index contributed by atoms with van der Waals surface area (Å²) in [6.07, 6.45) is 9.04. The van der Waals surface area contributed by atoms with Crippen LogP contribution in [-0.2, 0) is 0 Å². The molecular weight excluding hydrogens is 412 g/mol. The minimum Gasteiger partial charge on any atom is -0.393 e. The lowest BCUT2D eigenvalue weighted by atomic mass is 9.43. The monoisotopic (exact) mass is 462 g/mol. The molecule has 190 valence electrons. The summed E-state index contributed by atoms with van der Waals surface area (Å²) in [4.78, 5) is 0. The van der Waals surface area contributed by atoms with Gasteiger partial charge in [0.25, 0.3) is 0 Å². The molecule has 10 atom stereocenters. The van der Waals surface area contributed by atoms with Crippen molar-refractivity contribution < 1.29 is 20.4 Å². The molecule has 4 N–H and O–H groups in total. The van der Waals surface area contributed by atoms with E-state index in [0.29, 0.717) is 31.1 Å². The molecule has 33 heavy (non-hydrogen) atoms. The molecule has 0 amide bonds. The summed E-state index contributed by atoms with van der Waals surface area (Å²) in [7, 11) is 0. The third-order valence-corrected chi connectivity index (χ3v) is 11.7. The quantitative estimate of drug-likeness (QED) is 0.408.